The van der Waals surface area contributed by atoms with Gasteiger partial charge in [0.05, 0.1) is 36.6 Å². The summed E-state index contributed by atoms with van der Waals surface area (Å²) in [7, 11) is 4.51. The predicted molar refractivity (Wildman–Crippen MR) is 147 cm³/mol. The second kappa shape index (κ2) is 11.3. The minimum absolute atomic E-state index is 0.0190. The molecule has 12 heteroatoms. The molecule has 2 heterocycles. The first-order valence-corrected chi connectivity index (χ1v) is 12.9. The minimum atomic E-state index is -4.57. The fourth-order valence-corrected chi connectivity index (χ4v) is 5.22. The second-order valence-electron chi connectivity index (χ2n) is 11.0. The van der Waals surface area contributed by atoms with E-state index in [1.165, 1.54) is 31.3 Å². The number of hydrogen-bond donors (Lipinski definition) is 2. The number of nitrogens with one attached hydrogen (secondary N) is 1. The molecule has 222 valence electrons. The van der Waals surface area contributed by atoms with Crippen LogP contribution in [-0.4, -0.2) is 74.2 Å². The molecule has 2 aliphatic rings. The number of ether oxygens (including phenoxy) is 3. The third-order valence-corrected chi connectivity index (χ3v) is 6.82. The first kappa shape index (κ1) is 30.4. The number of anilines is 2. The van der Waals surface area contributed by atoms with Crippen molar-refractivity contribution in [3.05, 3.63) is 59.2 Å². The van der Waals surface area contributed by atoms with Crippen LogP contribution in [0.4, 0.5) is 29.3 Å². The van der Waals surface area contributed by atoms with Gasteiger partial charge in [-0.25, -0.2) is 4.79 Å². The zero-order valence-corrected chi connectivity index (χ0v) is 23.6. The van der Waals surface area contributed by atoms with Crippen molar-refractivity contribution in [1.29, 1.82) is 0 Å². The van der Waals surface area contributed by atoms with Gasteiger partial charge in [0.2, 0.25) is 5.91 Å². The number of fused-ring (bicyclic) bond motifs is 2. The van der Waals surface area contributed by atoms with E-state index in [0.29, 0.717) is 29.1 Å². The highest BCUT2D eigenvalue weighted by Crippen LogP contribution is 2.44. The molecule has 4 rings (SSSR count). The van der Waals surface area contributed by atoms with Gasteiger partial charge in [-0.15, -0.1) is 0 Å². The van der Waals surface area contributed by atoms with E-state index in [1.54, 1.807) is 44.0 Å². The van der Waals surface area contributed by atoms with Crippen LogP contribution in [0.15, 0.2) is 42.5 Å². The maximum absolute atomic E-state index is 13.4. The van der Waals surface area contributed by atoms with Crippen LogP contribution in [0.25, 0.3) is 5.57 Å². The summed E-state index contributed by atoms with van der Waals surface area (Å²) in [6, 6.07) is 8.05. The predicted octanol–water partition coefficient (Wildman–Crippen LogP) is 4.68. The van der Waals surface area contributed by atoms with E-state index in [2.05, 4.69) is 5.32 Å². The Bertz CT molecular complexity index is 1350. The van der Waals surface area contributed by atoms with E-state index in [4.69, 9.17) is 14.2 Å². The highest BCUT2D eigenvalue weighted by Gasteiger charge is 2.41. The van der Waals surface area contributed by atoms with E-state index < -0.39 is 28.8 Å². The Morgan fingerprint density at radius 1 is 1.15 bits per heavy atom. The Kier molecular flexibility index (Phi) is 8.40. The lowest BCUT2D eigenvalue weighted by Crippen LogP contribution is -2.50. The minimum Gasteiger partial charge on any atom is -0.481 e. The Balaban J connectivity index is 1.63. The Hall–Kier alpha value is -3.61. The monoisotopic (exact) mass is 577 g/mol. The number of rotatable bonds is 8. The van der Waals surface area contributed by atoms with E-state index in [-0.39, 0.29) is 38.0 Å². The fraction of sp³-hybridized carbons (Fsp3) is 0.448. The van der Waals surface area contributed by atoms with Crippen molar-refractivity contribution in [2.24, 2.45) is 0 Å². The summed E-state index contributed by atoms with van der Waals surface area (Å²) in [5.41, 5.74) is -0.371. The summed E-state index contributed by atoms with van der Waals surface area (Å²) < 4.78 is 56.9. The molecule has 2 aliphatic heterocycles. The average molecular weight is 578 g/mol. The van der Waals surface area contributed by atoms with Crippen molar-refractivity contribution >= 4 is 28.9 Å². The van der Waals surface area contributed by atoms with Gasteiger partial charge in [-0.2, -0.15) is 13.2 Å². The lowest BCUT2D eigenvalue weighted by molar-refractivity contribution is -0.138. The van der Waals surface area contributed by atoms with Crippen molar-refractivity contribution in [1.82, 2.24) is 4.90 Å². The number of nitrogens with zero attached hydrogens (tertiary/aromatic N) is 2. The molecule has 0 atom stereocenters. The van der Waals surface area contributed by atoms with Crippen molar-refractivity contribution in [2.75, 3.05) is 51.2 Å². The highest BCUT2D eigenvalue weighted by atomic mass is 19.4. The molecule has 0 saturated carbocycles. The van der Waals surface area contributed by atoms with E-state index >= 15 is 0 Å². The van der Waals surface area contributed by atoms with Gasteiger partial charge >= 0.3 is 12.2 Å². The summed E-state index contributed by atoms with van der Waals surface area (Å²) >= 11 is 0. The second-order valence-corrected chi connectivity index (χ2v) is 11.0. The van der Waals surface area contributed by atoms with Gasteiger partial charge in [0.1, 0.15) is 5.75 Å². The van der Waals surface area contributed by atoms with Gasteiger partial charge in [0, 0.05) is 51.6 Å². The number of β-amino-alcohol motifs (C(OH)–C–C–N with tert-alkyl or cyclic N) is 1. The number of alkyl halides is 3. The smallest absolute Gasteiger partial charge is 0.416 e. The SMILES string of the molecule is COCC1(COC)CC(=CC(=O)Nc2ccc3c(c2)N(C)C(=O)N(CC(C)(C)O)C3)c2ccc(C(F)(F)F)cc2O1. The van der Waals surface area contributed by atoms with E-state index in [0.717, 1.165) is 17.7 Å². The third-order valence-electron chi connectivity index (χ3n) is 6.82. The van der Waals surface area contributed by atoms with Crippen molar-refractivity contribution in [2.45, 2.75) is 44.2 Å². The molecule has 3 amide bonds. The van der Waals surface area contributed by atoms with E-state index in [9.17, 15) is 27.9 Å². The molecule has 0 fully saturated rings. The van der Waals surface area contributed by atoms with Gasteiger partial charge in [-0.3, -0.25) is 9.69 Å². The molecular formula is C29H34F3N3O6. The summed E-state index contributed by atoms with van der Waals surface area (Å²) in [5, 5.41) is 13.0. The number of aliphatic hydroxyl groups is 1. The van der Waals surface area contributed by atoms with Crippen molar-refractivity contribution < 1.29 is 42.1 Å². The molecule has 0 aromatic heterocycles. The van der Waals surface area contributed by atoms with Crippen molar-refractivity contribution in [3.63, 3.8) is 0 Å². The summed E-state index contributed by atoms with van der Waals surface area (Å²) in [6.45, 7) is 3.76. The molecule has 0 bridgehead atoms. The molecule has 0 aliphatic carbocycles. The van der Waals surface area contributed by atoms with Gasteiger partial charge in [-0.05, 0) is 49.2 Å². The number of carbonyl (C=O) groups excluding carboxylic acids is 2. The molecule has 2 aromatic carbocycles. The van der Waals surface area contributed by atoms with Crippen LogP contribution < -0.4 is 15.0 Å². The number of hydrogen-bond acceptors (Lipinski definition) is 6. The van der Waals surface area contributed by atoms with Crippen LogP contribution in [0.5, 0.6) is 5.75 Å². The summed E-state index contributed by atoms with van der Waals surface area (Å²) in [6.07, 6.45) is -3.10. The van der Waals surface area contributed by atoms with Gasteiger partial charge < -0.3 is 29.5 Å². The molecular weight excluding hydrogens is 543 g/mol. The number of halogens is 3. The third kappa shape index (κ3) is 6.83. The number of amides is 3. The maximum Gasteiger partial charge on any atom is 0.416 e. The molecule has 9 nitrogen and oxygen atoms in total. The Labute approximate surface area is 236 Å². The highest BCUT2D eigenvalue weighted by molar-refractivity contribution is 6.05. The molecule has 2 aromatic rings. The number of benzene rings is 2. The topological polar surface area (TPSA) is 101 Å². The van der Waals surface area contributed by atoms with Crippen LogP contribution in [0.2, 0.25) is 0 Å². The van der Waals surface area contributed by atoms with Crippen molar-refractivity contribution in [3.8, 4) is 5.75 Å². The quantitative estimate of drug-likeness (QED) is 0.442. The first-order chi connectivity index (χ1) is 19.1. The number of urea groups is 1. The standard InChI is InChI=1S/C29H34F3N3O6/c1-27(2,38)15-35-14-18-6-8-21(12-23(18)34(3)26(35)37)33-25(36)10-19-13-28(16-39-4,17-40-5)41-24-11-20(29(30,31)32)7-9-22(19)24/h6-12,38H,13-17H2,1-5H3,(H,33,36). The van der Waals surface area contributed by atoms with Gasteiger partial charge in [0.25, 0.3) is 0 Å². The fourth-order valence-electron chi connectivity index (χ4n) is 5.22. The van der Waals surface area contributed by atoms with E-state index in [1.807, 2.05) is 0 Å². The largest absolute Gasteiger partial charge is 0.481 e. The normalized spacial score (nSPS) is 17.7. The molecule has 0 saturated heterocycles. The lowest BCUT2D eigenvalue weighted by Gasteiger charge is -2.39. The number of methoxy groups -OCH3 is 2. The molecule has 41 heavy (non-hydrogen) atoms. The first-order valence-electron chi connectivity index (χ1n) is 12.9. The molecule has 0 radical (unpaired) electrons. The van der Waals surface area contributed by atoms with Crippen LogP contribution in [0.1, 0.15) is 37.0 Å². The lowest BCUT2D eigenvalue weighted by atomic mass is 9.86. The van der Waals surface area contributed by atoms with Crippen LogP contribution >= 0.6 is 0 Å². The Morgan fingerprint density at radius 3 is 2.44 bits per heavy atom. The average Bonchev–Trinajstić information content (AvgIpc) is 2.86. The van der Waals surface area contributed by atoms with Gasteiger partial charge in [0.15, 0.2) is 5.60 Å². The molecule has 0 spiro atoms. The maximum atomic E-state index is 13.4. The molecule has 0 unspecified atom stereocenters. The molecule has 2 N–H and O–H groups in total. The van der Waals surface area contributed by atoms with Crippen LogP contribution in [0, 0.1) is 0 Å². The van der Waals surface area contributed by atoms with Gasteiger partial charge in [-0.1, -0.05) is 12.1 Å². The van der Waals surface area contributed by atoms with Crippen LogP contribution in [-0.2, 0) is 27.0 Å². The number of carbonyl (C=O) groups is 2. The zero-order valence-electron chi connectivity index (χ0n) is 23.6. The zero-order chi connectivity index (χ0) is 30.2. The summed E-state index contributed by atoms with van der Waals surface area (Å²) in [4.78, 5) is 29.1. The van der Waals surface area contributed by atoms with Crippen LogP contribution in [0.3, 0.4) is 0 Å². The summed E-state index contributed by atoms with van der Waals surface area (Å²) in [5.74, 6) is -0.534. The Morgan fingerprint density at radius 2 is 1.83 bits per heavy atom.